The number of nitrogens with one attached hydrogen (secondary N) is 1. The zero-order chi connectivity index (χ0) is 12.8. The molecule has 0 saturated carbocycles. The first kappa shape index (κ1) is 13.1. The lowest BCUT2D eigenvalue weighted by atomic mass is 10.1. The summed E-state index contributed by atoms with van der Waals surface area (Å²) in [5.74, 6) is 1.71. The average molecular weight is 265 g/mol. The summed E-state index contributed by atoms with van der Waals surface area (Å²) < 4.78 is 5.69. The Balaban J connectivity index is 1.91. The summed E-state index contributed by atoms with van der Waals surface area (Å²) in [5, 5.41) is 3.86. The van der Waals surface area contributed by atoms with E-state index in [4.69, 9.17) is 16.0 Å². The molecule has 1 aromatic heterocycles. The van der Waals surface area contributed by atoms with Gasteiger partial charge >= 0.3 is 0 Å². The average Bonchev–Trinajstić information content (AvgIpc) is 2.80. The molecular formula is C14H17ClN2O. The summed E-state index contributed by atoms with van der Waals surface area (Å²) in [4.78, 5) is 4.29. The second-order valence-corrected chi connectivity index (χ2v) is 4.67. The lowest BCUT2D eigenvalue weighted by Gasteiger charge is -1.98. The van der Waals surface area contributed by atoms with Crippen LogP contribution >= 0.6 is 11.6 Å². The van der Waals surface area contributed by atoms with Gasteiger partial charge in [-0.1, -0.05) is 23.7 Å². The highest BCUT2D eigenvalue weighted by Crippen LogP contribution is 2.14. The van der Waals surface area contributed by atoms with Crippen molar-refractivity contribution in [1.82, 2.24) is 10.3 Å². The van der Waals surface area contributed by atoms with Crippen LogP contribution in [0.1, 0.15) is 23.6 Å². The minimum atomic E-state index is 0.712. The largest absolute Gasteiger partial charge is 0.445 e. The molecule has 4 heteroatoms. The Bertz CT molecular complexity index is 479. The van der Waals surface area contributed by atoms with Gasteiger partial charge in [0.1, 0.15) is 5.76 Å². The van der Waals surface area contributed by atoms with E-state index in [-0.39, 0.29) is 0 Å². The molecule has 0 bridgehead atoms. The van der Waals surface area contributed by atoms with Crippen molar-refractivity contribution < 1.29 is 4.42 Å². The lowest BCUT2D eigenvalue weighted by molar-refractivity contribution is 0.457. The van der Waals surface area contributed by atoms with Gasteiger partial charge in [0.15, 0.2) is 5.89 Å². The van der Waals surface area contributed by atoms with Crippen LogP contribution in [0.5, 0.6) is 0 Å². The predicted octanol–water partition coefficient (Wildman–Crippen LogP) is 3.07. The molecule has 1 N–H and O–H groups in total. The van der Waals surface area contributed by atoms with Crippen molar-refractivity contribution in [3.63, 3.8) is 0 Å². The second-order valence-electron chi connectivity index (χ2n) is 4.23. The zero-order valence-corrected chi connectivity index (χ0v) is 11.2. The van der Waals surface area contributed by atoms with Gasteiger partial charge in [-0.25, -0.2) is 4.98 Å². The fourth-order valence-electron chi connectivity index (χ4n) is 1.76. The first-order chi connectivity index (χ1) is 8.78. The molecule has 2 rings (SSSR count). The van der Waals surface area contributed by atoms with E-state index in [9.17, 15) is 0 Å². The fraction of sp³-hybridized carbons (Fsp3) is 0.357. The first-order valence-electron chi connectivity index (χ1n) is 6.10. The highest BCUT2D eigenvalue weighted by atomic mass is 35.5. The van der Waals surface area contributed by atoms with Crippen molar-refractivity contribution >= 4 is 11.6 Å². The summed E-state index contributed by atoms with van der Waals surface area (Å²) >= 11 is 5.84. The molecule has 0 radical (unpaired) electrons. The number of hydrogen-bond acceptors (Lipinski definition) is 3. The Kier molecular flexibility index (Phi) is 4.79. The van der Waals surface area contributed by atoms with Crippen LogP contribution in [0.3, 0.4) is 0 Å². The van der Waals surface area contributed by atoms with E-state index >= 15 is 0 Å². The summed E-state index contributed by atoms with van der Waals surface area (Å²) in [6, 6.07) is 7.75. The van der Waals surface area contributed by atoms with Crippen LogP contribution in [0.15, 0.2) is 34.9 Å². The van der Waals surface area contributed by atoms with Gasteiger partial charge in [-0.05, 0) is 37.7 Å². The molecular weight excluding hydrogens is 248 g/mol. The molecule has 0 aliphatic carbocycles. The van der Waals surface area contributed by atoms with Gasteiger partial charge in [0, 0.05) is 17.9 Å². The molecule has 0 spiro atoms. The third kappa shape index (κ3) is 3.86. The first-order valence-corrected chi connectivity index (χ1v) is 6.48. The maximum Gasteiger partial charge on any atom is 0.198 e. The van der Waals surface area contributed by atoms with E-state index < -0.39 is 0 Å². The standard InChI is InChI=1S/C14H17ClN2O/c1-16-8-2-3-13-10-17-14(18-13)9-11-4-6-12(15)7-5-11/h4-7,10,16H,2-3,8-9H2,1H3. The van der Waals surface area contributed by atoms with E-state index in [1.807, 2.05) is 37.5 Å². The minimum Gasteiger partial charge on any atom is -0.445 e. The molecule has 0 atom stereocenters. The minimum absolute atomic E-state index is 0.712. The van der Waals surface area contributed by atoms with Gasteiger partial charge < -0.3 is 9.73 Å². The van der Waals surface area contributed by atoms with Crippen LogP contribution in [0.2, 0.25) is 5.02 Å². The van der Waals surface area contributed by atoms with Crippen LogP contribution < -0.4 is 5.32 Å². The fourth-order valence-corrected chi connectivity index (χ4v) is 1.89. The maximum absolute atomic E-state index is 5.84. The van der Waals surface area contributed by atoms with Crippen molar-refractivity contribution in [2.75, 3.05) is 13.6 Å². The van der Waals surface area contributed by atoms with Crippen molar-refractivity contribution in [1.29, 1.82) is 0 Å². The Hall–Kier alpha value is -1.32. The third-order valence-electron chi connectivity index (χ3n) is 2.72. The van der Waals surface area contributed by atoms with Crippen molar-refractivity contribution in [2.24, 2.45) is 0 Å². The summed E-state index contributed by atoms with van der Waals surface area (Å²) in [7, 11) is 1.95. The number of nitrogens with zero attached hydrogens (tertiary/aromatic N) is 1. The summed E-state index contributed by atoms with van der Waals surface area (Å²) in [6.45, 7) is 0.993. The van der Waals surface area contributed by atoms with Crippen LogP contribution in [-0.2, 0) is 12.8 Å². The SMILES string of the molecule is CNCCCc1cnc(Cc2ccc(Cl)cc2)o1. The topological polar surface area (TPSA) is 38.1 Å². The molecule has 18 heavy (non-hydrogen) atoms. The van der Waals surface area contributed by atoms with E-state index in [1.54, 1.807) is 0 Å². The molecule has 96 valence electrons. The van der Waals surface area contributed by atoms with Gasteiger partial charge in [-0.15, -0.1) is 0 Å². The van der Waals surface area contributed by atoms with E-state index in [0.29, 0.717) is 6.42 Å². The monoisotopic (exact) mass is 264 g/mol. The van der Waals surface area contributed by atoms with Crippen LogP contribution in [0.25, 0.3) is 0 Å². The maximum atomic E-state index is 5.84. The van der Waals surface area contributed by atoms with Crippen molar-refractivity contribution in [3.8, 4) is 0 Å². The molecule has 0 aliphatic heterocycles. The third-order valence-corrected chi connectivity index (χ3v) is 2.97. The van der Waals surface area contributed by atoms with Crippen molar-refractivity contribution in [3.05, 3.63) is 52.7 Å². The Morgan fingerprint density at radius 2 is 2.06 bits per heavy atom. The highest BCUT2D eigenvalue weighted by Gasteiger charge is 2.05. The van der Waals surface area contributed by atoms with Gasteiger partial charge in [0.05, 0.1) is 6.20 Å². The smallest absolute Gasteiger partial charge is 0.198 e. The Labute approximate surface area is 112 Å². The van der Waals surface area contributed by atoms with Crippen LogP contribution in [-0.4, -0.2) is 18.6 Å². The summed E-state index contributed by atoms with van der Waals surface area (Å²) in [6.07, 6.45) is 4.52. The number of aryl methyl sites for hydroxylation is 1. The van der Waals surface area contributed by atoms with E-state index in [2.05, 4.69) is 10.3 Å². The Morgan fingerprint density at radius 1 is 1.28 bits per heavy atom. The summed E-state index contributed by atoms with van der Waals surface area (Å²) in [5.41, 5.74) is 1.16. The molecule has 1 heterocycles. The molecule has 0 amide bonds. The number of oxazole rings is 1. The second kappa shape index (κ2) is 6.57. The molecule has 2 aromatic rings. The van der Waals surface area contributed by atoms with Gasteiger partial charge in [-0.2, -0.15) is 0 Å². The van der Waals surface area contributed by atoms with Crippen LogP contribution in [0.4, 0.5) is 0 Å². The molecule has 0 unspecified atom stereocenters. The molecule has 1 aromatic carbocycles. The van der Waals surface area contributed by atoms with Crippen molar-refractivity contribution in [2.45, 2.75) is 19.3 Å². The predicted molar refractivity (Wildman–Crippen MR) is 73.0 cm³/mol. The molecule has 0 fully saturated rings. The molecule has 0 aliphatic rings. The number of halogens is 1. The lowest BCUT2D eigenvalue weighted by Crippen LogP contribution is -2.08. The van der Waals surface area contributed by atoms with Gasteiger partial charge in [-0.3, -0.25) is 0 Å². The number of rotatable bonds is 6. The van der Waals surface area contributed by atoms with E-state index in [1.165, 1.54) is 0 Å². The molecule has 3 nitrogen and oxygen atoms in total. The number of hydrogen-bond donors (Lipinski definition) is 1. The van der Waals surface area contributed by atoms with Gasteiger partial charge in [0.2, 0.25) is 0 Å². The number of aromatic nitrogens is 1. The highest BCUT2D eigenvalue weighted by molar-refractivity contribution is 6.30. The van der Waals surface area contributed by atoms with Crippen LogP contribution in [0, 0.1) is 0 Å². The molecule has 0 saturated heterocycles. The number of benzene rings is 1. The zero-order valence-electron chi connectivity index (χ0n) is 10.4. The van der Waals surface area contributed by atoms with Gasteiger partial charge in [0.25, 0.3) is 0 Å². The Morgan fingerprint density at radius 3 is 2.78 bits per heavy atom. The quantitative estimate of drug-likeness (QED) is 0.815. The normalized spacial score (nSPS) is 10.8. The van der Waals surface area contributed by atoms with E-state index in [0.717, 1.165) is 41.6 Å².